The van der Waals surface area contributed by atoms with Gasteiger partial charge in [0.2, 0.25) is 0 Å². The number of carbonyl (C=O) groups is 1. The fourth-order valence-electron chi connectivity index (χ4n) is 3.69. The van der Waals surface area contributed by atoms with Crippen LogP contribution in [0.3, 0.4) is 0 Å². The first-order valence-corrected chi connectivity index (χ1v) is 8.59. The summed E-state index contributed by atoms with van der Waals surface area (Å²) in [7, 11) is 0. The molecule has 3 aromatic rings. The third kappa shape index (κ3) is 2.84. The van der Waals surface area contributed by atoms with Crippen molar-refractivity contribution in [3.05, 3.63) is 70.9 Å². The summed E-state index contributed by atoms with van der Waals surface area (Å²) in [5, 5.41) is 10.3. The number of aromatic nitrogens is 1. The molecule has 0 radical (unpaired) electrons. The van der Waals surface area contributed by atoms with E-state index < -0.39 is 5.97 Å². The molecule has 1 aliphatic rings. The van der Waals surface area contributed by atoms with E-state index in [0.717, 1.165) is 42.5 Å². The quantitative estimate of drug-likeness (QED) is 0.788. The van der Waals surface area contributed by atoms with Crippen LogP contribution in [-0.2, 0) is 12.8 Å². The lowest BCUT2D eigenvalue weighted by Crippen LogP contribution is -2.23. The molecule has 25 heavy (non-hydrogen) atoms. The summed E-state index contributed by atoms with van der Waals surface area (Å²) in [5.41, 5.74) is 5.97. The molecule has 4 nitrogen and oxygen atoms in total. The summed E-state index contributed by atoms with van der Waals surface area (Å²) in [6, 6.07) is 15.7. The van der Waals surface area contributed by atoms with Crippen molar-refractivity contribution in [3.8, 4) is 0 Å². The van der Waals surface area contributed by atoms with E-state index in [1.165, 1.54) is 16.8 Å². The lowest BCUT2D eigenvalue weighted by molar-refractivity contribution is 0.0697. The molecule has 4 heteroatoms. The number of fused-ring (bicyclic) bond motifs is 3. The van der Waals surface area contributed by atoms with Crippen LogP contribution in [0.2, 0.25) is 0 Å². The first-order valence-electron chi connectivity index (χ1n) is 8.59. The second-order valence-electron chi connectivity index (χ2n) is 6.53. The van der Waals surface area contributed by atoms with Crippen molar-refractivity contribution in [3.63, 3.8) is 0 Å². The predicted molar refractivity (Wildman–Crippen MR) is 99.5 cm³/mol. The highest BCUT2D eigenvalue weighted by atomic mass is 16.4. The molecule has 0 fully saturated rings. The average Bonchev–Trinajstić information content (AvgIpc) is 3.05. The lowest BCUT2D eigenvalue weighted by atomic mass is 10.0. The van der Waals surface area contributed by atoms with Gasteiger partial charge in [-0.05, 0) is 49.1 Å². The molecule has 0 saturated carbocycles. The summed E-state index contributed by atoms with van der Waals surface area (Å²) in [4.78, 5) is 18.4. The third-order valence-electron chi connectivity index (χ3n) is 4.97. The summed E-state index contributed by atoms with van der Waals surface area (Å²) in [6.45, 7) is 3.93. The number of pyridine rings is 1. The second kappa shape index (κ2) is 6.20. The van der Waals surface area contributed by atoms with Crippen LogP contribution in [0.15, 0.2) is 48.5 Å². The lowest BCUT2D eigenvalue weighted by Gasteiger charge is -2.21. The van der Waals surface area contributed by atoms with E-state index in [-0.39, 0.29) is 0 Å². The second-order valence-corrected chi connectivity index (χ2v) is 6.53. The Hall–Kier alpha value is -2.88. The number of carboxylic acids is 1. The van der Waals surface area contributed by atoms with Crippen molar-refractivity contribution in [2.45, 2.75) is 19.8 Å². The Kier molecular flexibility index (Phi) is 3.88. The predicted octanol–water partition coefficient (Wildman–Crippen LogP) is 3.85. The Bertz CT molecular complexity index is 951. The van der Waals surface area contributed by atoms with Gasteiger partial charge in [0.25, 0.3) is 0 Å². The van der Waals surface area contributed by atoms with Crippen LogP contribution >= 0.6 is 0 Å². The van der Waals surface area contributed by atoms with Crippen molar-refractivity contribution in [2.24, 2.45) is 0 Å². The van der Waals surface area contributed by atoms with E-state index in [2.05, 4.69) is 34.1 Å². The van der Waals surface area contributed by atoms with Gasteiger partial charge >= 0.3 is 5.97 Å². The van der Waals surface area contributed by atoms with E-state index in [1.807, 2.05) is 19.1 Å². The molecule has 0 bridgehead atoms. The zero-order valence-electron chi connectivity index (χ0n) is 14.2. The molecule has 0 atom stereocenters. The SMILES string of the molecule is Cc1nc2ccc(C(=O)O)cc2c2c1CCN2CCc1ccccc1. The van der Waals surface area contributed by atoms with Crippen molar-refractivity contribution in [1.82, 2.24) is 4.98 Å². The monoisotopic (exact) mass is 332 g/mol. The van der Waals surface area contributed by atoms with Gasteiger partial charge in [0.05, 0.1) is 16.8 Å². The topological polar surface area (TPSA) is 53.4 Å². The molecule has 1 aromatic heterocycles. The number of nitrogens with zero attached hydrogens (tertiary/aromatic N) is 2. The van der Waals surface area contributed by atoms with Gasteiger partial charge in [-0.15, -0.1) is 0 Å². The van der Waals surface area contributed by atoms with Crippen LogP contribution in [0.4, 0.5) is 5.69 Å². The minimum atomic E-state index is -0.898. The largest absolute Gasteiger partial charge is 0.478 e. The first kappa shape index (κ1) is 15.6. The molecule has 0 amide bonds. The van der Waals surface area contributed by atoms with Gasteiger partial charge in [0.15, 0.2) is 0 Å². The van der Waals surface area contributed by atoms with Crippen LogP contribution < -0.4 is 4.90 Å². The zero-order chi connectivity index (χ0) is 17.4. The molecule has 0 saturated heterocycles. The smallest absolute Gasteiger partial charge is 0.335 e. The fraction of sp³-hybridized carbons (Fsp3) is 0.238. The van der Waals surface area contributed by atoms with Gasteiger partial charge in [0, 0.05) is 24.2 Å². The third-order valence-corrected chi connectivity index (χ3v) is 4.97. The Morgan fingerprint density at radius 3 is 2.76 bits per heavy atom. The molecule has 0 spiro atoms. The molecule has 1 N–H and O–H groups in total. The van der Waals surface area contributed by atoms with Crippen molar-refractivity contribution >= 4 is 22.6 Å². The highest BCUT2D eigenvalue weighted by Crippen LogP contribution is 2.37. The number of anilines is 1. The number of aryl methyl sites for hydroxylation is 1. The number of aromatic carboxylic acids is 1. The maximum atomic E-state index is 11.4. The van der Waals surface area contributed by atoms with Crippen LogP contribution in [-0.4, -0.2) is 29.1 Å². The molecular formula is C21H20N2O2. The molecule has 2 heterocycles. The summed E-state index contributed by atoms with van der Waals surface area (Å²) in [5.74, 6) is -0.898. The zero-order valence-corrected chi connectivity index (χ0v) is 14.2. The Morgan fingerprint density at radius 1 is 1.20 bits per heavy atom. The van der Waals surface area contributed by atoms with E-state index in [0.29, 0.717) is 5.56 Å². The van der Waals surface area contributed by atoms with Gasteiger partial charge < -0.3 is 10.0 Å². The van der Waals surface area contributed by atoms with Gasteiger partial charge in [-0.25, -0.2) is 4.79 Å². The number of carboxylic acid groups (broad SMARTS) is 1. The maximum Gasteiger partial charge on any atom is 0.335 e. The molecule has 4 rings (SSSR count). The number of hydrogen-bond donors (Lipinski definition) is 1. The maximum absolute atomic E-state index is 11.4. The summed E-state index contributed by atoms with van der Waals surface area (Å²) >= 11 is 0. The van der Waals surface area contributed by atoms with Gasteiger partial charge in [-0.2, -0.15) is 0 Å². The van der Waals surface area contributed by atoms with Crippen molar-refractivity contribution < 1.29 is 9.90 Å². The number of rotatable bonds is 4. The Morgan fingerprint density at radius 2 is 2.00 bits per heavy atom. The van der Waals surface area contributed by atoms with E-state index >= 15 is 0 Å². The normalized spacial score (nSPS) is 13.2. The standard InChI is InChI=1S/C21H20N2O2/c1-14-17-10-12-23(11-9-15-5-3-2-4-6-15)20(17)18-13-16(21(24)25)7-8-19(18)22-14/h2-8,13H,9-12H2,1H3,(H,24,25). The van der Waals surface area contributed by atoms with Gasteiger partial charge in [0.1, 0.15) is 0 Å². The number of hydrogen-bond acceptors (Lipinski definition) is 3. The summed E-state index contributed by atoms with van der Waals surface area (Å²) in [6.07, 6.45) is 1.94. The Labute approximate surface area is 146 Å². The van der Waals surface area contributed by atoms with E-state index in [4.69, 9.17) is 0 Å². The van der Waals surface area contributed by atoms with Gasteiger partial charge in [-0.3, -0.25) is 4.98 Å². The molecule has 0 aliphatic carbocycles. The fourth-order valence-corrected chi connectivity index (χ4v) is 3.69. The molecule has 2 aromatic carbocycles. The minimum absolute atomic E-state index is 0.315. The highest BCUT2D eigenvalue weighted by molar-refractivity contribution is 6.00. The van der Waals surface area contributed by atoms with Crippen molar-refractivity contribution in [1.29, 1.82) is 0 Å². The Balaban J connectivity index is 1.74. The highest BCUT2D eigenvalue weighted by Gasteiger charge is 2.24. The molecule has 0 unspecified atom stereocenters. The van der Waals surface area contributed by atoms with E-state index in [1.54, 1.807) is 12.1 Å². The molecule has 1 aliphatic heterocycles. The van der Waals surface area contributed by atoms with Crippen LogP contribution in [0.25, 0.3) is 10.9 Å². The number of benzene rings is 2. The molecule has 126 valence electrons. The van der Waals surface area contributed by atoms with Crippen LogP contribution in [0.1, 0.15) is 27.2 Å². The van der Waals surface area contributed by atoms with Crippen molar-refractivity contribution in [2.75, 3.05) is 18.0 Å². The van der Waals surface area contributed by atoms with Gasteiger partial charge in [-0.1, -0.05) is 30.3 Å². The van der Waals surface area contributed by atoms with E-state index in [9.17, 15) is 9.90 Å². The van der Waals surface area contributed by atoms with Crippen LogP contribution in [0, 0.1) is 6.92 Å². The molecular weight excluding hydrogens is 312 g/mol. The first-order chi connectivity index (χ1) is 12.1. The van der Waals surface area contributed by atoms with Crippen LogP contribution in [0.5, 0.6) is 0 Å². The minimum Gasteiger partial charge on any atom is -0.478 e. The average molecular weight is 332 g/mol. The summed E-state index contributed by atoms with van der Waals surface area (Å²) < 4.78 is 0.